The third-order valence-electron chi connectivity index (χ3n) is 4.92. The number of nitrogens with one attached hydrogen (secondary N) is 1. The molecule has 4 rings (SSSR count). The van der Waals surface area contributed by atoms with Gasteiger partial charge >= 0.3 is 5.97 Å². The lowest BCUT2D eigenvalue weighted by molar-refractivity contribution is -0.146. The first kappa shape index (κ1) is 18.6. The highest BCUT2D eigenvalue weighted by atomic mass is 32.1. The molecule has 28 heavy (non-hydrogen) atoms. The molecule has 0 unspecified atom stereocenters. The van der Waals surface area contributed by atoms with Crippen LogP contribution < -0.4 is 10.2 Å². The third-order valence-corrected chi connectivity index (χ3v) is 5.83. The number of carbonyl (C=O) groups excluding carboxylic acids is 3. The molecule has 0 saturated carbocycles. The molecule has 2 aromatic rings. The van der Waals surface area contributed by atoms with Gasteiger partial charge in [0.05, 0.1) is 12.1 Å². The van der Waals surface area contributed by atoms with Gasteiger partial charge in [-0.15, -0.1) is 11.3 Å². The lowest BCUT2D eigenvalue weighted by Gasteiger charge is -2.10. The molecule has 146 valence electrons. The zero-order chi connectivity index (χ0) is 19.5. The number of hydrogen-bond acceptors (Lipinski definition) is 6. The van der Waals surface area contributed by atoms with Gasteiger partial charge in [-0.2, -0.15) is 0 Å². The number of benzene rings is 1. The van der Waals surface area contributed by atoms with E-state index in [2.05, 4.69) is 10.3 Å². The summed E-state index contributed by atoms with van der Waals surface area (Å²) in [5.41, 5.74) is 3.87. The van der Waals surface area contributed by atoms with Crippen LogP contribution in [0.15, 0.2) is 23.6 Å². The molecule has 0 radical (unpaired) electrons. The SMILES string of the molecule is O=C(COC(=O)Cc1csc(N2CCCC2=O)n1)Nc1ccc2c(c1)CCC2. The van der Waals surface area contributed by atoms with Crippen molar-refractivity contribution in [2.45, 2.75) is 38.5 Å². The van der Waals surface area contributed by atoms with Crippen molar-refractivity contribution < 1.29 is 19.1 Å². The van der Waals surface area contributed by atoms with Gasteiger partial charge in [0.25, 0.3) is 5.91 Å². The Morgan fingerprint density at radius 2 is 2.04 bits per heavy atom. The minimum absolute atomic E-state index is 0.0232. The summed E-state index contributed by atoms with van der Waals surface area (Å²) in [5.74, 6) is -0.826. The summed E-state index contributed by atoms with van der Waals surface area (Å²) in [6.45, 7) is 0.330. The average molecular weight is 399 g/mol. The van der Waals surface area contributed by atoms with Crippen molar-refractivity contribution in [3.63, 3.8) is 0 Å². The molecule has 1 aromatic carbocycles. The predicted molar refractivity (Wildman–Crippen MR) is 105 cm³/mol. The summed E-state index contributed by atoms with van der Waals surface area (Å²) in [5, 5.41) is 5.12. The topological polar surface area (TPSA) is 88.6 Å². The van der Waals surface area contributed by atoms with E-state index in [4.69, 9.17) is 4.74 Å². The van der Waals surface area contributed by atoms with E-state index in [1.54, 1.807) is 10.3 Å². The first-order valence-corrected chi connectivity index (χ1v) is 10.3. The molecule has 8 heteroatoms. The largest absolute Gasteiger partial charge is 0.455 e. The van der Waals surface area contributed by atoms with Crippen LogP contribution in [-0.2, 0) is 38.4 Å². The monoisotopic (exact) mass is 399 g/mol. The number of nitrogens with zero attached hydrogens (tertiary/aromatic N) is 2. The number of fused-ring (bicyclic) bond motifs is 1. The number of aromatic nitrogens is 1. The molecule has 1 aromatic heterocycles. The van der Waals surface area contributed by atoms with Crippen LogP contribution in [0.1, 0.15) is 36.1 Å². The van der Waals surface area contributed by atoms with E-state index in [1.807, 2.05) is 18.2 Å². The highest BCUT2D eigenvalue weighted by Gasteiger charge is 2.24. The van der Waals surface area contributed by atoms with Crippen LogP contribution in [-0.4, -0.2) is 35.9 Å². The van der Waals surface area contributed by atoms with Crippen molar-refractivity contribution in [1.82, 2.24) is 4.98 Å². The van der Waals surface area contributed by atoms with E-state index < -0.39 is 5.97 Å². The molecule has 0 bridgehead atoms. The van der Waals surface area contributed by atoms with Gasteiger partial charge in [0.2, 0.25) is 5.91 Å². The van der Waals surface area contributed by atoms with E-state index in [0.29, 0.717) is 23.8 Å². The normalized spacial score (nSPS) is 15.6. The number of amides is 2. The summed E-state index contributed by atoms with van der Waals surface area (Å²) in [6.07, 6.45) is 4.61. The number of thiazole rings is 1. The number of rotatable bonds is 6. The van der Waals surface area contributed by atoms with Crippen LogP contribution in [0.25, 0.3) is 0 Å². The number of carbonyl (C=O) groups is 3. The second kappa shape index (κ2) is 8.10. The van der Waals surface area contributed by atoms with Crippen LogP contribution in [0.4, 0.5) is 10.8 Å². The smallest absolute Gasteiger partial charge is 0.312 e. The lowest BCUT2D eigenvalue weighted by Crippen LogP contribution is -2.23. The predicted octanol–water partition coefficient (Wildman–Crippen LogP) is 2.48. The minimum Gasteiger partial charge on any atom is -0.455 e. The van der Waals surface area contributed by atoms with Crippen LogP contribution in [0.3, 0.4) is 0 Å². The standard InChI is InChI=1S/C20H21N3O4S/c24-17(21-15-7-6-13-3-1-4-14(13)9-15)11-27-19(26)10-16-12-28-20(22-16)23-8-2-5-18(23)25/h6-7,9,12H,1-5,8,10-11H2,(H,21,24). The van der Waals surface area contributed by atoms with Crippen LogP contribution >= 0.6 is 11.3 Å². The Labute approximate surface area is 166 Å². The van der Waals surface area contributed by atoms with Gasteiger partial charge in [-0.05, 0) is 48.9 Å². The molecule has 2 aliphatic rings. The lowest BCUT2D eigenvalue weighted by atomic mass is 10.1. The van der Waals surface area contributed by atoms with Crippen molar-refractivity contribution in [3.05, 3.63) is 40.4 Å². The molecule has 1 aliphatic heterocycles. The number of aryl methyl sites for hydroxylation is 2. The fraction of sp³-hybridized carbons (Fsp3) is 0.400. The Morgan fingerprint density at radius 3 is 2.86 bits per heavy atom. The van der Waals surface area contributed by atoms with Crippen LogP contribution in [0, 0.1) is 0 Å². The Hall–Kier alpha value is -2.74. The van der Waals surface area contributed by atoms with Crippen molar-refractivity contribution in [2.24, 2.45) is 0 Å². The Kier molecular flexibility index (Phi) is 5.38. The maximum absolute atomic E-state index is 12.0. The van der Waals surface area contributed by atoms with Crippen molar-refractivity contribution >= 4 is 39.9 Å². The van der Waals surface area contributed by atoms with Gasteiger partial charge in [0, 0.05) is 24.0 Å². The number of anilines is 2. The molecule has 1 fully saturated rings. The highest BCUT2D eigenvalue weighted by molar-refractivity contribution is 7.14. The Balaban J connectivity index is 1.25. The maximum Gasteiger partial charge on any atom is 0.312 e. The molecule has 1 aliphatic carbocycles. The summed E-state index contributed by atoms with van der Waals surface area (Å²) >= 11 is 1.34. The van der Waals surface area contributed by atoms with Crippen LogP contribution in [0.5, 0.6) is 0 Å². The number of hydrogen-bond donors (Lipinski definition) is 1. The van der Waals surface area contributed by atoms with E-state index in [0.717, 1.165) is 31.4 Å². The summed E-state index contributed by atoms with van der Waals surface area (Å²) in [6, 6.07) is 5.90. The van der Waals surface area contributed by atoms with Crippen molar-refractivity contribution in [3.8, 4) is 0 Å². The van der Waals surface area contributed by atoms with Gasteiger partial charge in [-0.1, -0.05) is 6.07 Å². The molecule has 0 spiro atoms. The molecule has 2 heterocycles. The average Bonchev–Trinajstić information content (AvgIpc) is 3.40. The molecule has 7 nitrogen and oxygen atoms in total. The maximum atomic E-state index is 12.0. The Morgan fingerprint density at radius 1 is 1.18 bits per heavy atom. The molecule has 1 N–H and O–H groups in total. The first-order valence-electron chi connectivity index (χ1n) is 9.40. The summed E-state index contributed by atoms with van der Waals surface area (Å²) in [7, 11) is 0. The quantitative estimate of drug-likeness (QED) is 0.754. The van der Waals surface area contributed by atoms with Crippen molar-refractivity contribution in [1.29, 1.82) is 0 Å². The van der Waals surface area contributed by atoms with Crippen LogP contribution in [0.2, 0.25) is 0 Å². The van der Waals surface area contributed by atoms with Gasteiger partial charge in [-0.25, -0.2) is 4.98 Å². The number of esters is 1. The molecular formula is C20H21N3O4S. The van der Waals surface area contributed by atoms with E-state index in [1.165, 1.54) is 22.5 Å². The van der Waals surface area contributed by atoms with Crippen molar-refractivity contribution in [2.75, 3.05) is 23.4 Å². The van der Waals surface area contributed by atoms with Gasteiger partial charge < -0.3 is 10.1 Å². The van der Waals surface area contributed by atoms with Gasteiger partial charge in [0.15, 0.2) is 11.7 Å². The Bertz CT molecular complexity index is 924. The molecule has 1 saturated heterocycles. The first-order chi connectivity index (χ1) is 13.6. The summed E-state index contributed by atoms with van der Waals surface area (Å²) in [4.78, 5) is 41.8. The zero-order valence-electron chi connectivity index (χ0n) is 15.4. The fourth-order valence-electron chi connectivity index (χ4n) is 3.54. The zero-order valence-corrected chi connectivity index (χ0v) is 16.2. The second-order valence-electron chi connectivity index (χ2n) is 6.99. The summed E-state index contributed by atoms with van der Waals surface area (Å²) < 4.78 is 5.06. The van der Waals surface area contributed by atoms with Gasteiger partial charge in [0.1, 0.15) is 0 Å². The van der Waals surface area contributed by atoms with Gasteiger partial charge in [-0.3, -0.25) is 19.3 Å². The number of ether oxygens (including phenoxy) is 1. The highest BCUT2D eigenvalue weighted by Crippen LogP contribution is 2.26. The second-order valence-corrected chi connectivity index (χ2v) is 7.83. The van der Waals surface area contributed by atoms with E-state index in [-0.39, 0.29) is 24.8 Å². The molecule has 0 atom stereocenters. The molecule has 2 amide bonds. The van der Waals surface area contributed by atoms with E-state index >= 15 is 0 Å². The minimum atomic E-state index is -0.520. The van der Waals surface area contributed by atoms with E-state index in [9.17, 15) is 14.4 Å². The third kappa shape index (κ3) is 4.22. The fourth-order valence-corrected chi connectivity index (χ4v) is 4.41. The molecular weight excluding hydrogens is 378 g/mol.